The number of nitrogens with one attached hydrogen (secondary N) is 2. The molecule has 0 heterocycles. The van der Waals surface area contributed by atoms with Gasteiger partial charge in [-0.15, -0.1) is 0 Å². The molecule has 7 heteroatoms. The van der Waals surface area contributed by atoms with Gasteiger partial charge in [-0.05, 0) is 11.8 Å². The summed E-state index contributed by atoms with van der Waals surface area (Å²) in [4.78, 5) is 35.0. The Labute approximate surface area is 119 Å². The van der Waals surface area contributed by atoms with Crippen LogP contribution in [0.5, 0.6) is 0 Å². The SMILES string of the molecule is COC(=O)[C@@H](NC(=O)N[C@H](C(=O)OC)C(C)C)C(C)C. The van der Waals surface area contributed by atoms with E-state index in [4.69, 9.17) is 0 Å². The highest BCUT2D eigenvalue weighted by atomic mass is 16.5. The minimum atomic E-state index is -0.773. The van der Waals surface area contributed by atoms with Gasteiger partial charge in [-0.3, -0.25) is 0 Å². The van der Waals surface area contributed by atoms with Crippen LogP contribution >= 0.6 is 0 Å². The fourth-order valence-corrected chi connectivity index (χ4v) is 1.57. The summed E-state index contributed by atoms with van der Waals surface area (Å²) in [6.45, 7) is 7.12. The van der Waals surface area contributed by atoms with Gasteiger partial charge in [-0.25, -0.2) is 14.4 Å². The maximum atomic E-state index is 11.9. The lowest BCUT2D eigenvalue weighted by molar-refractivity contribution is -0.144. The van der Waals surface area contributed by atoms with Crippen molar-refractivity contribution in [2.45, 2.75) is 39.8 Å². The van der Waals surface area contributed by atoms with Crippen LogP contribution in [0, 0.1) is 11.8 Å². The zero-order chi connectivity index (χ0) is 15.9. The average Bonchev–Trinajstić information content (AvgIpc) is 2.39. The third-order valence-corrected chi connectivity index (χ3v) is 2.82. The van der Waals surface area contributed by atoms with E-state index in [0.29, 0.717) is 0 Å². The molecule has 0 radical (unpaired) electrons. The Hall–Kier alpha value is -1.79. The Kier molecular flexibility index (Phi) is 7.64. The van der Waals surface area contributed by atoms with Crippen molar-refractivity contribution >= 4 is 18.0 Å². The van der Waals surface area contributed by atoms with Gasteiger partial charge in [-0.2, -0.15) is 0 Å². The molecule has 0 spiro atoms. The van der Waals surface area contributed by atoms with Crippen LogP contribution < -0.4 is 10.6 Å². The lowest BCUT2D eigenvalue weighted by Gasteiger charge is -2.23. The first-order valence-electron chi connectivity index (χ1n) is 6.47. The molecule has 0 unspecified atom stereocenters. The van der Waals surface area contributed by atoms with Crippen LogP contribution in [0.3, 0.4) is 0 Å². The zero-order valence-electron chi connectivity index (χ0n) is 12.9. The molecule has 0 aliphatic rings. The smallest absolute Gasteiger partial charge is 0.328 e. The van der Waals surface area contributed by atoms with Crippen LogP contribution in [0.4, 0.5) is 4.79 Å². The largest absolute Gasteiger partial charge is 0.467 e. The fraction of sp³-hybridized carbons (Fsp3) is 0.769. The number of amides is 2. The lowest BCUT2D eigenvalue weighted by atomic mass is 10.0. The van der Waals surface area contributed by atoms with Gasteiger partial charge in [0.05, 0.1) is 14.2 Å². The predicted molar refractivity (Wildman–Crippen MR) is 73.0 cm³/mol. The highest BCUT2D eigenvalue weighted by Crippen LogP contribution is 2.06. The third kappa shape index (κ3) is 5.46. The molecule has 0 fully saturated rings. The van der Waals surface area contributed by atoms with Gasteiger partial charge in [-0.1, -0.05) is 27.7 Å². The molecule has 0 saturated carbocycles. The molecule has 0 aromatic heterocycles. The van der Waals surface area contributed by atoms with Crippen LogP contribution in [0.25, 0.3) is 0 Å². The number of rotatable bonds is 6. The number of urea groups is 1. The van der Waals surface area contributed by atoms with E-state index in [1.165, 1.54) is 14.2 Å². The van der Waals surface area contributed by atoms with Gasteiger partial charge in [0, 0.05) is 0 Å². The first-order chi connectivity index (χ1) is 9.24. The maximum absolute atomic E-state index is 11.9. The second kappa shape index (κ2) is 8.39. The molecule has 0 bridgehead atoms. The Morgan fingerprint density at radius 3 is 1.25 bits per heavy atom. The molecule has 116 valence electrons. The van der Waals surface area contributed by atoms with Crippen molar-refractivity contribution < 1.29 is 23.9 Å². The topological polar surface area (TPSA) is 93.7 Å². The highest BCUT2D eigenvalue weighted by molar-refractivity contribution is 5.87. The van der Waals surface area contributed by atoms with Crippen molar-refractivity contribution in [3.63, 3.8) is 0 Å². The molecular formula is C13H24N2O5. The molecule has 20 heavy (non-hydrogen) atoms. The molecule has 0 aromatic carbocycles. The van der Waals surface area contributed by atoms with E-state index in [9.17, 15) is 14.4 Å². The van der Waals surface area contributed by atoms with Crippen molar-refractivity contribution in [1.29, 1.82) is 0 Å². The summed E-state index contributed by atoms with van der Waals surface area (Å²) >= 11 is 0. The van der Waals surface area contributed by atoms with E-state index in [1.54, 1.807) is 27.7 Å². The summed E-state index contributed by atoms with van der Waals surface area (Å²) in [6, 6.07) is -2.16. The normalized spacial score (nSPS) is 13.6. The molecular weight excluding hydrogens is 264 g/mol. The second-order valence-electron chi connectivity index (χ2n) is 5.11. The summed E-state index contributed by atoms with van der Waals surface area (Å²) in [6.07, 6.45) is 0. The zero-order valence-corrected chi connectivity index (χ0v) is 12.9. The number of hydrogen-bond donors (Lipinski definition) is 2. The highest BCUT2D eigenvalue weighted by Gasteiger charge is 2.29. The van der Waals surface area contributed by atoms with Crippen molar-refractivity contribution in [2.24, 2.45) is 11.8 Å². The van der Waals surface area contributed by atoms with Gasteiger partial charge < -0.3 is 20.1 Å². The Morgan fingerprint density at radius 2 is 1.05 bits per heavy atom. The molecule has 0 aromatic rings. The van der Waals surface area contributed by atoms with Crippen LogP contribution in [0.2, 0.25) is 0 Å². The third-order valence-electron chi connectivity index (χ3n) is 2.82. The van der Waals surface area contributed by atoms with Gasteiger partial charge >= 0.3 is 18.0 Å². The number of esters is 2. The molecule has 7 nitrogen and oxygen atoms in total. The van der Waals surface area contributed by atoms with Crippen molar-refractivity contribution in [3.05, 3.63) is 0 Å². The van der Waals surface area contributed by atoms with E-state index < -0.39 is 30.1 Å². The summed E-state index contributed by atoms with van der Waals surface area (Å²) in [5, 5.41) is 5.00. The number of hydrogen-bond acceptors (Lipinski definition) is 5. The minimum Gasteiger partial charge on any atom is -0.467 e. The van der Waals surface area contributed by atoms with Crippen LogP contribution in [-0.4, -0.2) is 44.3 Å². The molecule has 0 aliphatic heterocycles. The van der Waals surface area contributed by atoms with Gasteiger partial charge in [0.15, 0.2) is 0 Å². The first kappa shape index (κ1) is 18.2. The number of carbonyl (C=O) groups excluding carboxylic acids is 3. The van der Waals surface area contributed by atoms with Crippen molar-refractivity contribution in [2.75, 3.05) is 14.2 Å². The summed E-state index contributed by atoms with van der Waals surface area (Å²) in [5.74, 6) is -1.34. The molecule has 0 saturated heterocycles. The van der Waals surface area contributed by atoms with Crippen molar-refractivity contribution in [1.82, 2.24) is 10.6 Å². The summed E-state index contributed by atoms with van der Waals surface area (Å²) < 4.78 is 9.25. The standard InChI is InChI=1S/C13H24N2O5/c1-7(2)9(11(16)19-5)14-13(18)15-10(8(3)4)12(17)20-6/h7-10H,1-6H3,(H2,14,15,18)/t9-,10-/m0/s1. The van der Waals surface area contributed by atoms with Gasteiger partial charge in [0.2, 0.25) is 0 Å². The van der Waals surface area contributed by atoms with Crippen molar-refractivity contribution in [3.8, 4) is 0 Å². The quantitative estimate of drug-likeness (QED) is 0.701. The van der Waals surface area contributed by atoms with E-state index in [2.05, 4.69) is 20.1 Å². The summed E-state index contributed by atoms with van der Waals surface area (Å²) in [5.41, 5.74) is 0. The monoisotopic (exact) mass is 288 g/mol. The molecule has 2 amide bonds. The van der Waals surface area contributed by atoms with Gasteiger partial charge in [0.1, 0.15) is 12.1 Å². The Balaban J connectivity index is 4.73. The summed E-state index contributed by atoms with van der Waals surface area (Å²) in [7, 11) is 2.51. The van der Waals surface area contributed by atoms with E-state index in [0.717, 1.165) is 0 Å². The number of methoxy groups -OCH3 is 2. The van der Waals surface area contributed by atoms with Crippen LogP contribution in [-0.2, 0) is 19.1 Å². The van der Waals surface area contributed by atoms with E-state index in [1.807, 2.05) is 0 Å². The number of carbonyl (C=O) groups is 3. The molecule has 0 aliphatic carbocycles. The maximum Gasteiger partial charge on any atom is 0.328 e. The Bertz CT molecular complexity index is 323. The lowest BCUT2D eigenvalue weighted by Crippen LogP contribution is -2.54. The van der Waals surface area contributed by atoms with Gasteiger partial charge in [0.25, 0.3) is 0 Å². The second-order valence-corrected chi connectivity index (χ2v) is 5.11. The van der Waals surface area contributed by atoms with Crippen LogP contribution in [0.1, 0.15) is 27.7 Å². The minimum absolute atomic E-state index is 0.135. The number of ether oxygens (including phenoxy) is 2. The molecule has 0 rings (SSSR count). The van der Waals surface area contributed by atoms with E-state index >= 15 is 0 Å². The fourth-order valence-electron chi connectivity index (χ4n) is 1.57. The van der Waals surface area contributed by atoms with Crippen LogP contribution in [0.15, 0.2) is 0 Å². The first-order valence-corrected chi connectivity index (χ1v) is 6.47. The molecule has 2 N–H and O–H groups in total. The Morgan fingerprint density at radius 1 is 0.750 bits per heavy atom. The van der Waals surface area contributed by atoms with E-state index in [-0.39, 0.29) is 11.8 Å². The molecule has 2 atom stereocenters. The predicted octanol–water partition coefficient (Wildman–Crippen LogP) is 0.681. The average molecular weight is 288 g/mol.